The van der Waals surface area contributed by atoms with E-state index in [-0.39, 0.29) is 5.38 Å². The molecule has 0 heterocycles. The lowest BCUT2D eigenvalue weighted by molar-refractivity contribution is 0.125. The molecule has 0 fully saturated rings. The predicted octanol–water partition coefficient (Wildman–Crippen LogP) is 3.68. The van der Waals surface area contributed by atoms with Gasteiger partial charge in [0.1, 0.15) is 0 Å². The van der Waals surface area contributed by atoms with Crippen molar-refractivity contribution in [2.45, 2.75) is 52.8 Å². The number of hydrogen-bond donors (Lipinski definition) is 1. The van der Waals surface area contributed by atoms with Crippen LogP contribution in [0.2, 0.25) is 0 Å². The smallest absolute Gasteiger partial charge is 0.0590 e. The number of alkyl halides is 1. The molecule has 0 saturated heterocycles. The van der Waals surface area contributed by atoms with Gasteiger partial charge in [-0.2, -0.15) is 0 Å². The van der Waals surface area contributed by atoms with E-state index in [2.05, 4.69) is 39.9 Å². The van der Waals surface area contributed by atoms with Crippen molar-refractivity contribution in [1.29, 1.82) is 0 Å². The highest BCUT2D eigenvalue weighted by atomic mass is 35.5. The summed E-state index contributed by atoms with van der Waals surface area (Å²) in [5, 5.41) is 3.55. The van der Waals surface area contributed by atoms with Gasteiger partial charge in [0.2, 0.25) is 0 Å². The number of rotatable bonds is 9. The summed E-state index contributed by atoms with van der Waals surface area (Å²) in [6, 6.07) is 0. The van der Waals surface area contributed by atoms with E-state index >= 15 is 0 Å². The molecule has 0 aromatic carbocycles. The highest BCUT2D eigenvalue weighted by molar-refractivity contribution is 6.20. The summed E-state index contributed by atoms with van der Waals surface area (Å²) in [4.78, 5) is 0. The lowest BCUT2D eigenvalue weighted by Crippen LogP contribution is -2.29. The van der Waals surface area contributed by atoms with Gasteiger partial charge >= 0.3 is 0 Å². The number of halogens is 1. The molecule has 3 heteroatoms. The molecule has 0 rings (SSSR count). The van der Waals surface area contributed by atoms with Crippen LogP contribution in [-0.2, 0) is 4.74 Å². The summed E-state index contributed by atoms with van der Waals surface area (Å²) in [6.07, 6.45) is 2.18. The van der Waals surface area contributed by atoms with Crippen molar-refractivity contribution in [2.24, 2.45) is 11.3 Å². The molecule has 0 radical (unpaired) electrons. The first kappa shape index (κ1) is 17.2. The van der Waals surface area contributed by atoms with E-state index in [1.165, 1.54) is 0 Å². The van der Waals surface area contributed by atoms with Gasteiger partial charge < -0.3 is 10.1 Å². The van der Waals surface area contributed by atoms with Crippen LogP contribution >= 0.6 is 11.6 Å². The van der Waals surface area contributed by atoms with E-state index in [9.17, 15) is 0 Å². The minimum absolute atomic E-state index is 0.214. The SMILES string of the molecule is CC(C)CCOCCNCC(Cl)CC(C)(C)C. The van der Waals surface area contributed by atoms with Crippen LogP contribution in [0.5, 0.6) is 0 Å². The van der Waals surface area contributed by atoms with E-state index in [0.29, 0.717) is 5.41 Å². The molecule has 0 aromatic heterocycles. The topological polar surface area (TPSA) is 21.3 Å². The highest BCUT2D eigenvalue weighted by Crippen LogP contribution is 2.22. The summed E-state index contributed by atoms with van der Waals surface area (Å²) >= 11 is 6.24. The molecule has 104 valence electrons. The zero-order valence-corrected chi connectivity index (χ0v) is 12.9. The third kappa shape index (κ3) is 14.1. The molecule has 1 unspecified atom stereocenters. The quantitative estimate of drug-likeness (QED) is 0.506. The molecule has 0 aliphatic rings. The molecule has 0 aliphatic carbocycles. The molecule has 2 nitrogen and oxygen atoms in total. The third-order valence-electron chi connectivity index (χ3n) is 2.46. The van der Waals surface area contributed by atoms with Gasteiger partial charge in [-0.3, -0.25) is 0 Å². The summed E-state index contributed by atoms with van der Waals surface area (Å²) < 4.78 is 5.52. The van der Waals surface area contributed by atoms with Gasteiger partial charge in [-0.05, 0) is 24.2 Å². The van der Waals surface area contributed by atoms with E-state index in [4.69, 9.17) is 16.3 Å². The predicted molar refractivity (Wildman–Crippen MR) is 76.9 cm³/mol. The standard InChI is InChI=1S/C14H30ClNO/c1-12(2)6-8-17-9-7-16-11-13(15)10-14(3,4)5/h12-13,16H,6-11H2,1-5H3. The Hall–Kier alpha value is 0.210. The molecule has 0 bridgehead atoms. The van der Waals surface area contributed by atoms with Crippen LogP contribution in [0.3, 0.4) is 0 Å². The molecule has 0 aliphatic heterocycles. The Labute approximate surface area is 112 Å². The monoisotopic (exact) mass is 263 g/mol. The van der Waals surface area contributed by atoms with Gasteiger partial charge in [0.15, 0.2) is 0 Å². The number of ether oxygens (including phenoxy) is 1. The number of hydrogen-bond acceptors (Lipinski definition) is 2. The minimum Gasteiger partial charge on any atom is -0.380 e. The first-order valence-electron chi connectivity index (χ1n) is 6.74. The van der Waals surface area contributed by atoms with Crippen molar-refractivity contribution in [3.8, 4) is 0 Å². The van der Waals surface area contributed by atoms with Crippen molar-refractivity contribution in [3.05, 3.63) is 0 Å². The Bertz CT molecular complexity index is 178. The molecule has 17 heavy (non-hydrogen) atoms. The zero-order chi connectivity index (χ0) is 13.3. The molecule has 0 spiro atoms. The molecular weight excluding hydrogens is 234 g/mol. The molecule has 1 atom stereocenters. The number of nitrogens with one attached hydrogen (secondary N) is 1. The fraction of sp³-hybridized carbons (Fsp3) is 1.00. The second-order valence-electron chi connectivity index (χ2n) is 6.36. The second-order valence-corrected chi connectivity index (χ2v) is 6.98. The third-order valence-corrected chi connectivity index (χ3v) is 2.77. The molecule has 0 aromatic rings. The van der Waals surface area contributed by atoms with Crippen LogP contribution in [-0.4, -0.2) is 31.7 Å². The van der Waals surface area contributed by atoms with Crippen LogP contribution < -0.4 is 5.32 Å². The van der Waals surface area contributed by atoms with Crippen LogP contribution in [0.15, 0.2) is 0 Å². The van der Waals surface area contributed by atoms with Crippen LogP contribution in [0.25, 0.3) is 0 Å². The van der Waals surface area contributed by atoms with Crippen LogP contribution in [0, 0.1) is 11.3 Å². The van der Waals surface area contributed by atoms with E-state index < -0.39 is 0 Å². The minimum atomic E-state index is 0.214. The van der Waals surface area contributed by atoms with Gasteiger partial charge in [0.05, 0.1) is 6.61 Å². The van der Waals surface area contributed by atoms with Crippen molar-refractivity contribution in [2.75, 3.05) is 26.3 Å². The zero-order valence-electron chi connectivity index (χ0n) is 12.2. The van der Waals surface area contributed by atoms with E-state index in [1.807, 2.05) is 0 Å². The summed E-state index contributed by atoms with van der Waals surface area (Å²) in [5.41, 5.74) is 0.307. The first-order valence-corrected chi connectivity index (χ1v) is 7.17. The molecule has 0 saturated carbocycles. The Balaban J connectivity index is 3.28. The first-order chi connectivity index (χ1) is 7.81. The van der Waals surface area contributed by atoms with Gasteiger partial charge in [-0.1, -0.05) is 34.6 Å². The van der Waals surface area contributed by atoms with Gasteiger partial charge in [-0.25, -0.2) is 0 Å². The Morgan fingerprint density at radius 1 is 1.18 bits per heavy atom. The molecular formula is C14H30ClNO. The fourth-order valence-corrected chi connectivity index (χ4v) is 2.13. The molecule has 1 N–H and O–H groups in total. The highest BCUT2D eigenvalue weighted by Gasteiger charge is 2.16. The summed E-state index contributed by atoms with van der Waals surface area (Å²) in [7, 11) is 0. The van der Waals surface area contributed by atoms with Crippen LogP contribution in [0.1, 0.15) is 47.5 Å². The Morgan fingerprint density at radius 3 is 2.35 bits per heavy atom. The lowest BCUT2D eigenvalue weighted by Gasteiger charge is -2.22. The Kier molecular flexibility index (Phi) is 9.29. The van der Waals surface area contributed by atoms with Gasteiger partial charge in [0, 0.05) is 25.1 Å². The summed E-state index contributed by atoms with van der Waals surface area (Å²) in [6.45, 7) is 14.5. The van der Waals surface area contributed by atoms with Gasteiger partial charge in [-0.15, -0.1) is 11.6 Å². The second kappa shape index (κ2) is 9.18. The van der Waals surface area contributed by atoms with E-state index in [1.54, 1.807) is 0 Å². The van der Waals surface area contributed by atoms with Crippen molar-refractivity contribution < 1.29 is 4.74 Å². The Morgan fingerprint density at radius 2 is 1.82 bits per heavy atom. The fourth-order valence-electron chi connectivity index (χ4n) is 1.56. The summed E-state index contributed by atoms with van der Waals surface area (Å²) in [5.74, 6) is 0.724. The largest absolute Gasteiger partial charge is 0.380 e. The maximum atomic E-state index is 6.24. The van der Waals surface area contributed by atoms with Crippen molar-refractivity contribution in [3.63, 3.8) is 0 Å². The van der Waals surface area contributed by atoms with Gasteiger partial charge in [0.25, 0.3) is 0 Å². The lowest BCUT2D eigenvalue weighted by atomic mass is 9.90. The normalized spacial score (nSPS) is 14.3. The maximum Gasteiger partial charge on any atom is 0.0590 e. The van der Waals surface area contributed by atoms with Crippen LogP contribution in [0.4, 0.5) is 0 Å². The molecule has 0 amide bonds. The average Bonchev–Trinajstić information content (AvgIpc) is 2.12. The van der Waals surface area contributed by atoms with Crippen molar-refractivity contribution in [1.82, 2.24) is 5.32 Å². The van der Waals surface area contributed by atoms with Crippen molar-refractivity contribution >= 4 is 11.6 Å². The maximum absolute atomic E-state index is 6.24. The van der Waals surface area contributed by atoms with E-state index in [0.717, 1.165) is 45.1 Å². The average molecular weight is 264 g/mol.